The topological polar surface area (TPSA) is 45.0 Å². The molecule has 0 fully saturated rings. The Balaban J connectivity index is 2.10. The summed E-state index contributed by atoms with van der Waals surface area (Å²) in [5.41, 5.74) is 2.51. The second kappa shape index (κ2) is 7.01. The summed E-state index contributed by atoms with van der Waals surface area (Å²) in [6, 6.07) is 15.4. The van der Waals surface area contributed by atoms with Gasteiger partial charge in [0, 0.05) is 6.04 Å². The van der Waals surface area contributed by atoms with Gasteiger partial charge in [-0.15, -0.1) is 0 Å². The fraction of sp³-hybridized carbons (Fsp3) is 0.235. The van der Waals surface area contributed by atoms with Crippen LogP contribution in [0.15, 0.2) is 42.5 Å². The van der Waals surface area contributed by atoms with Gasteiger partial charge in [-0.3, -0.25) is 0 Å². The average molecular weight is 301 g/mol. The van der Waals surface area contributed by atoms with E-state index in [0.717, 1.165) is 17.0 Å². The summed E-state index contributed by atoms with van der Waals surface area (Å²) in [4.78, 5) is 0. The number of nitrogens with one attached hydrogen (secondary N) is 1. The van der Waals surface area contributed by atoms with E-state index in [1.807, 2.05) is 37.3 Å². The summed E-state index contributed by atoms with van der Waals surface area (Å²) in [5, 5.41) is 12.7. The Morgan fingerprint density at radius 1 is 1.24 bits per heavy atom. The summed E-state index contributed by atoms with van der Waals surface area (Å²) in [5.74, 6) is 0.866. The summed E-state index contributed by atoms with van der Waals surface area (Å²) < 4.78 is 5.43. The molecule has 0 aliphatic heterocycles. The first kappa shape index (κ1) is 15.2. The highest BCUT2D eigenvalue weighted by molar-refractivity contribution is 6.33. The third-order valence-corrected chi connectivity index (χ3v) is 3.47. The lowest BCUT2D eigenvalue weighted by Gasteiger charge is -2.17. The molecular formula is C17H17ClN2O. The lowest BCUT2D eigenvalue weighted by molar-refractivity contribution is 0.340. The zero-order valence-corrected chi connectivity index (χ0v) is 12.8. The zero-order chi connectivity index (χ0) is 15.2. The molecule has 2 aromatic rings. The number of hydrogen-bond acceptors (Lipinski definition) is 3. The number of nitrogens with zero attached hydrogens (tertiary/aromatic N) is 1. The van der Waals surface area contributed by atoms with E-state index in [1.165, 1.54) is 0 Å². The molecule has 0 bridgehead atoms. The molecule has 2 aromatic carbocycles. The molecule has 0 heterocycles. The molecule has 0 radical (unpaired) electrons. The largest absolute Gasteiger partial charge is 0.494 e. The minimum absolute atomic E-state index is 0.103. The third kappa shape index (κ3) is 3.90. The van der Waals surface area contributed by atoms with E-state index in [1.54, 1.807) is 12.1 Å². The molecule has 0 saturated carbocycles. The first-order valence-electron chi connectivity index (χ1n) is 6.83. The van der Waals surface area contributed by atoms with Crippen molar-refractivity contribution < 1.29 is 4.74 Å². The molecule has 3 nitrogen and oxygen atoms in total. The Bertz CT molecular complexity index is 647. The highest BCUT2D eigenvalue weighted by Gasteiger charge is 2.08. The van der Waals surface area contributed by atoms with Crippen molar-refractivity contribution in [1.82, 2.24) is 0 Å². The molecule has 108 valence electrons. The molecule has 1 N–H and O–H groups in total. The molecule has 2 rings (SSSR count). The van der Waals surface area contributed by atoms with Crippen LogP contribution < -0.4 is 10.1 Å². The fourth-order valence-electron chi connectivity index (χ4n) is 2.04. The van der Waals surface area contributed by atoms with Gasteiger partial charge < -0.3 is 10.1 Å². The smallest absolute Gasteiger partial charge is 0.119 e. The van der Waals surface area contributed by atoms with Crippen molar-refractivity contribution >= 4 is 17.3 Å². The molecule has 1 atom stereocenters. The lowest BCUT2D eigenvalue weighted by Crippen LogP contribution is -2.07. The zero-order valence-electron chi connectivity index (χ0n) is 12.1. The molecule has 0 amide bonds. The second-order valence-corrected chi connectivity index (χ2v) is 5.08. The highest BCUT2D eigenvalue weighted by Crippen LogP contribution is 2.27. The van der Waals surface area contributed by atoms with Crippen molar-refractivity contribution in [3.05, 3.63) is 58.6 Å². The van der Waals surface area contributed by atoms with Crippen molar-refractivity contribution in [3.63, 3.8) is 0 Å². The van der Waals surface area contributed by atoms with E-state index in [-0.39, 0.29) is 6.04 Å². The molecule has 0 spiro atoms. The van der Waals surface area contributed by atoms with Crippen molar-refractivity contribution in [1.29, 1.82) is 5.26 Å². The second-order valence-electron chi connectivity index (χ2n) is 4.67. The first-order valence-corrected chi connectivity index (χ1v) is 7.20. The maximum absolute atomic E-state index is 8.84. The van der Waals surface area contributed by atoms with Crippen LogP contribution in [0.1, 0.15) is 31.0 Å². The minimum Gasteiger partial charge on any atom is -0.494 e. The average Bonchev–Trinajstić information content (AvgIpc) is 2.50. The fourth-order valence-corrected chi connectivity index (χ4v) is 2.27. The number of anilines is 1. The van der Waals surface area contributed by atoms with E-state index < -0.39 is 0 Å². The predicted octanol–water partition coefficient (Wildman–Crippen LogP) is 4.78. The van der Waals surface area contributed by atoms with Crippen LogP contribution in [0.4, 0.5) is 5.69 Å². The van der Waals surface area contributed by atoms with Crippen LogP contribution >= 0.6 is 11.6 Å². The summed E-state index contributed by atoms with van der Waals surface area (Å²) >= 11 is 6.17. The van der Waals surface area contributed by atoms with Crippen molar-refractivity contribution in [2.75, 3.05) is 11.9 Å². The van der Waals surface area contributed by atoms with Crippen LogP contribution in [0.3, 0.4) is 0 Å². The van der Waals surface area contributed by atoms with Gasteiger partial charge in [-0.05, 0) is 49.7 Å². The van der Waals surface area contributed by atoms with Gasteiger partial charge in [0.1, 0.15) is 5.75 Å². The van der Waals surface area contributed by atoms with Crippen molar-refractivity contribution in [2.45, 2.75) is 19.9 Å². The first-order chi connectivity index (χ1) is 10.1. The Morgan fingerprint density at radius 3 is 2.52 bits per heavy atom. The van der Waals surface area contributed by atoms with Crippen molar-refractivity contribution in [2.24, 2.45) is 0 Å². The molecule has 0 aromatic heterocycles. The monoisotopic (exact) mass is 300 g/mol. The van der Waals surface area contributed by atoms with E-state index >= 15 is 0 Å². The highest BCUT2D eigenvalue weighted by atomic mass is 35.5. The number of hydrogen-bond donors (Lipinski definition) is 1. The van der Waals surface area contributed by atoms with Gasteiger partial charge in [-0.25, -0.2) is 0 Å². The Hall–Kier alpha value is -2.18. The van der Waals surface area contributed by atoms with Crippen molar-refractivity contribution in [3.8, 4) is 11.8 Å². The molecule has 0 saturated heterocycles. The van der Waals surface area contributed by atoms with Gasteiger partial charge in [0.25, 0.3) is 0 Å². The van der Waals surface area contributed by atoms with E-state index in [9.17, 15) is 0 Å². The van der Waals surface area contributed by atoms with Crippen LogP contribution in [-0.2, 0) is 0 Å². The Labute approximate surface area is 130 Å². The van der Waals surface area contributed by atoms with Gasteiger partial charge >= 0.3 is 0 Å². The minimum atomic E-state index is 0.103. The lowest BCUT2D eigenvalue weighted by atomic mass is 10.1. The molecule has 1 unspecified atom stereocenters. The van der Waals surface area contributed by atoms with Crippen LogP contribution in [0.25, 0.3) is 0 Å². The maximum Gasteiger partial charge on any atom is 0.119 e. The number of rotatable bonds is 5. The van der Waals surface area contributed by atoms with E-state index in [0.29, 0.717) is 17.2 Å². The molecule has 21 heavy (non-hydrogen) atoms. The standard InChI is InChI=1S/C17H17ClN2O/c1-3-21-15-7-5-14(6-8-15)12(2)20-17-9-4-13(11-19)10-16(17)18/h4-10,12,20H,3H2,1-2H3. The normalized spacial score (nSPS) is 11.5. The Kier molecular flexibility index (Phi) is 5.08. The third-order valence-electron chi connectivity index (χ3n) is 3.16. The predicted molar refractivity (Wildman–Crippen MR) is 85.8 cm³/mol. The molecule has 0 aliphatic carbocycles. The van der Waals surface area contributed by atoms with Crippen LogP contribution in [-0.4, -0.2) is 6.61 Å². The van der Waals surface area contributed by atoms with Gasteiger partial charge in [0.2, 0.25) is 0 Å². The van der Waals surface area contributed by atoms with E-state index in [4.69, 9.17) is 21.6 Å². The molecule has 4 heteroatoms. The van der Waals surface area contributed by atoms with E-state index in [2.05, 4.69) is 18.3 Å². The van der Waals surface area contributed by atoms with Gasteiger partial charge in [-0.2, -0.15) is 5.26 Å². The van der Waals surface area contributed by atoms with Crippen LogP contribution in [0, 0.1) is 11.3 Å². The number of ether oxygens (including phenoxy) is 1. The molecule has 0 aliphatic rings. The number of halogens is 1. The van der Waals surface area contributed by atoms with Gasteiger partial charge in [0.15, 0.2) is 0 Å². The quantitative estimate of drug-likeness (QED) is 0.864. The number of nitriles is 1. The number of benzene rings is 2. The van der Waals surface area contributed by atoms with Gasteiger partial charge in [-0.1, -0.05) is 23.7 Å². The molecular weight excluding hydrogens is 284 g/mol. The SMILES string of the molecule is CCOc1ccc(C(C)Nc2ccc(C#N)cc2Cl)cc1. The summed E-state index contributed by atoms with van der Waals surface area (Å²) in [6.45, 7) is 4.68. The van der Waals surface area contributed by atoms with Crippen LogP contribution in [0.5, 0.6) is 5.75 Å². The Morgan fingerprint density at radius 2 is 1.95 bits per heavy atom. The summed E-state index contributed by atoms with van der Waals surface area (Å²) in [7, 11) is 0. The maximum atomic E-state index is 8.84. The van der Waals surface area contributed by atoms with Crippen LogP contribution in [0.2, 0.25) is 5.02 Å². The van der Waals surface area contributed by atoms with Gasteiger partial charge in [0.05, 0.1) is 28.9 Å². The summed E-state index contributed by atoms with van der Waals surface area (Å²) in [6.07, 6.45) is 0.